The van der Waals surface area contributed by atoms with E-state index in [0.717, 1.165) is 16.9 Å². The van der Waals surface area contributed by atoms with Crippen molar-refractivity contribution in [3.05, 3.63) is 66.0 Å². The fraction of sp³-hybridized carbons (Fsp3) is 0.176. The van der Waals surface area contributed by atoms with Gasteiger partial charge in [0.2, 0.25) is 0 Å². The third kappa shape index (κ3) is 3.43. The molecule has 0 aliphatic heterocycles. The predicted octanol–water partition coefficient (Wildman–Crippen LogP) is 3.29. The Morgan fingerprint density at radius 2 is 1.86 bits per heavy atom. The van der Waals surface area contributed by atoms with Gasteiger partial charge in [0, 0.05) is 6.54 Å². The number of fused-ring (bicyclic) bond motifs is 1. The van der Waals surface area contributed by atoms with E-state index in [2.05, 4.69) is 32.7 Å². The molecule has 4 nitrogen and oxygen atoms in total. The molecular formula is C17H18N4S. The molecule has 0 amide bonds. The van der Waals surface area contributed by atoms with Gasteiger partial charge in [0.05, 0.1) is 17.1 Å². The standard InChI is InChI=1S/C17H18N4S/c1-12(16-20-14-9-5-6-10-15(14)21-16)19-17(22)18-11-13-7-3-2-4-8-13/h2-10,12H,11H2,1H3,(H,20,21)(H2,18,19,22)/t12-/m0/s1. The van der Waals surface area contributed by atoms with Gasteiger partial charge < -0.3 is 15.6 Å². The van der Waals surface area contributed by atoms with Crippen molar-refractivity contribution in [2.24, 2.45) is 0 Å². The summed E-state index contributed by atoms with van der Waals surface area (Å²) in [4.78, 5) is 7.89. The molecule has 0 saturated carbocycles. The summed E-state index contributed by atoms with van der Waals surface area (Å²) in [5.74, 6) is 0.880. The Bertz CT molecular complexity index is 733. The molecule has 0 bridgehead atoms. The first kappa shape index (κ1) is 14.5. The summed E-state index contributed by atoms with van der Waals surface area (Å²) in [7, 11) is 0. The largest absolute Gasteiger partial charge is 0.359 e. The second-order valence-corrected chi connectivity index (χ2v) is 5.58. The fourth-order valence-corrected chi connectivity index (χ4v) is 2.52. The van der Waals surface area contributed by atoms with E-state index in [1.165, 1.54) is 5.56 Å². The second-order valence-electron chi connectivity index (χ2n) is 5.17. The van der Waals surface area contributed by atoms with Crippen LogP contribution in [0, 0.1) is 0 Å². The maximum atomic E-state index is 5.35. The van der Waals surface area contributed by atoms with Gasteiger partial charge in [-0.2, -0.15) is 0 Å². The zero-order valence-electron chi connectivity index (χ0n) is 12.3. The van der Waals surface area contributed by atoms with Crippen LogP contribution in [-0.4, -0.2) is 15.1 Å². The van der Waals surface area contributed by atoms with Gasteiger partial charge in [-0.05, 0) is 36.8 Å². The van der Waals surface area contributed by atoms with Gasteiger partial charge in [-0.15, -0.1) is 0 Å². The summed E-state index contributed by atoms with van der Waals surface area (Å²) >= 11 is 5.35. The number of aromatic nitrogens is 2. The Labute approximate surface area is 135 Å². The topological polar surface area (TPSA) is 52.7 Å². The molecule has 1 aromatic heterocycles. The zero-order valence-corrected chi connectivity index (χ0v) is 13.2. The van der Waals surface area contributed by atoms with Crippen LogP contribution < -0.4 is 10.6 Å². The van der Waals surface area contributed by atoms with Crippen LogP contribution in [-0.2, 0) is 6.54 Å². The van der Waals surface area contributed by atoms with Gasteiger partial charge in [-0.3, -0.25) is 0 Å². The molecule has 0 radical (unpaired) electrons. The van der Waals surface area contributed by atoms with Crippen LogP contribution in [0.4, 0.5) is 0 Å². The average Bonchev–Trinajstić information content (AvgIpc) is 2.98. The van der Waals surface area contributed by atoms with Crippen LogP contribution in [0.3, 0.4) is 0 Å². The maximum absolute atomic E-state index is 5.35. The molecule has 2 aromatic carbocycles. The smallest absolute Gasteiger partial charge is 0.167 e. The van der Waals surface area contributed by atoms with Crippen LogP contribution >= 0.6 is 12.2 Å². The van der Waals surface area contributed by atoms with E-state index in [1.54, 1.807) is 0 Å². The first-order chi connectivity index (χ1) is 10.7. The number of imidazole rings is 1. The van der Waals surface area contributed by atoms with E-state index in [-0.39, 0.29) is 6.04 Å². The zero-order chi connectivity index (χ0) is 15.4. The van der Waals surface area contributed by atoms with Crippen molar-refractivity contribution in [2.45, 2.75) is 19.5 Å². The van der Waals surface area contributed by atoms with E-state index in [1.807, 2.05) is 49.4 Å². The highest BCUT2D eigenvalue weighted by Gasteiger charge is 2.11. The Morgan fingerprint density at radius 1 is 1.14 bits per heavy atom. The molecule has 22 heavy (non-hydrogen) atoms. The molecule has 3 rings (SSSR count). The van der Waals surface area contributed by atoms with Gasteiger partial charge in [-0.1, -0.05) is 42.5 Å². The second kappa shape index (κ2) is 6.58. The molecule has 112 valence electrons. The highest BCUT2D eigenvalue weighted by molar-refractivity contribution is 7.80. The highest BCUT2D eigenvalue weighted by Crippen LogP contribution is 2.15. The average molecular weight is 310 g/mol. The maximum Gasteiger partial charge on any atom is 0.167 e. The van der Waals surface area contributed by atoms with E-state index in [0.29, 0.717) is 11.7 Å². The first-order valence-corrected chi connectivity index (χ1v) is 7.66. The lowest BCUT2D eigenvalue weighted by molar-refractivity contribution is 0.662. The van der Waals surface area contributed by atoms with E-state index < -0.39 is 0 Å². The predicted molar refractivity (Wildman–Crippen MR) is 93.5 cm³/mol. The Balaban J connectivity index is 1.58. The van der Waals surface area contributed by atoms with Gasteiger partial charge in [0.15, 0.2) is 5.11 Å². The normalized spacial score (nSPS) is 12.0. The molecule has 3 N–H and O–H groups in total. The quantitative estimate of drug-likeness (QED) is 0.647. The molecule has 0 fully saturated rings. The molecule has 3 aromatic rings. The Hall–Kier alpha value is -2.40. The van der Waals surface area contributed by atoms with Gasteiger partial charge in [0.25, 0.3) is 0 Å². The van der Waals surface area contributed by atoms with Crippen molar-refractivity contribution in [1.29, 1.82) is 0 Å². The first-order valence-electron chi connectivity index (χ1n) is 7.25. The van der Waals surface area contributed by atoms with E-state index >= 15 is 0 Å². The number of hydrogen-bond acceptors (Lipinski definition) is 2. The van der Waals surface area contributed by atoms with Crippen molar-refractivity contribution < 1.29 is 0 Å². The molecular weight excluding hydrogens is 292 g/mol. The van der Waals surface area contributed by atoms with Crippen LogP contribution in [0.25, 0.3) is 11.0 Å². The van der Waals surface area contributed by atoms with Crippen molar-refractivity contribution in [3.63, 3.8) is 0 Å². The molecule has 1 atom stereocenters. The number of thiocarbonyl (C=S) groups is 1. The molecule has 0 unspecified atom stereocenters. The minimum Gasteiger partial charge on any atom is -0.359 e. The fourth-order valence-electron chi connectivity index (χ4n) is 2.27. The van der Waals surface area contributed by atoms with Gasteiger partial charge in [0.1, 0.15) is 5.82 Å². The third-order valence-corrected chi connectivity index (χ3v) is 3.72. The van der Waals surface area contributed by atoms with Crippen LogP contribution in [0.15, 0.2) is 54.6 Å². The lowest BCUT2D eigenvalue weighted by Gasteiger charge is -2.15. The number of H-pyrrole nitrogens is 1. The van der Waals surface area contributed by atoms with E-state index in [9.17, 15) is 0 Å². The van der Waals surface area contributed by atoms with Crippen molar-refractivity contribution >= 4 is 28.4 Å². The minimum atomic E-state index is 0.0168. The van der Waals surface area contributed by atoms with Crippen molar-refractivity contribution in [3.8, 4) is 0 Å². The summed E-state index contributed by atoms with van der Waals surface area (Å²) in [6.45, 7) is 2.74. The van der Waals surface area contributed by atoms with Gasteiger partial charge in [-0.25, -0.2) is 4.98 Å². The van der Waals surface area contributed by atoms with Crippen LogP contribution in [0.2, 0.25) is 0 Å². The number of nitrogens with zero attached hydrogens (tertiary/aromatic N) is 1. The van der Waals surface area contributed by atoms with Crippen molar-refractivity contribution in [1.82, 2.24) is 20.6 Å². The third-order valence-electron chi connectivity index (χ3n) is 3.46. The summed E-state index contributed by atoms with van der Waals surface area (Å²) in [5.41, 5.74) is 3.20. The van der Waals surface area contributed by atoms with Crippen LogP contribution in [0.1, 0.15) is 24.4 Å². The lowest BCUT2D eigenvalue weighted by atomic mass is 10.2. The van der Waals surface area contributed by atoms with Crippen LogP contribution in [0.5, 0.6) is 0 Å². The molecule has 0 spiro atoms. The lowest BCUT2D eigenvalue weighted by Crippen LogP contribution is -2.36. The Kier molecular flexibility index (Phi) is 4.34. The molecule has 0 aliphatic carbocycles. The number of rotatable bonds is 4. The number of aromatic amines is 1. The molecule has 0 saturated heterocycles. The monoisotopic (exact) mass is 310 g/mol. The summed E-state index contributed by atoms with van der Waals surface area (Å²) < 4.78 is 0. The summed E-state index contributed by atoms with van der Waals surface area (Å²) in [6.07, 6.45) is 0. The van der Waals surface area contributed by atoms with Crippen molar-refractivity contribution in [2.75, 3.05) is 0 Å². The number of hydrogen-bond donors (Lipinski definition) is 3. The molecule has 1 heterocycles. The molecule has 5 heteroatoms. The number of benzene rings is 2. The summed E-state index contributed by atoms with van der Waals surface area (Å²) in [5, 5.41) is 7.09. The van der Waals surface area contributed by atoms with E-state index in [4.69, 9.17) is 12.2 Å². The van der Waals surface area contributed by atoms with Gasteiger partial charge >= 0.3 is 0 Å². The number of para-hydroxylation sites is 2. The SMILES string of the molecule is C[C@H](NC(=S)NCc1ccccc1)c1nc2ccccc2[nH]1. The summed E-state index contributed by atoms with van der Waals surface area (Å²) in [6, 6.07) is 18.2. The Morgan fingerprint density at radius 3 is 2.64 bits per heavy atom. The molecule has 0 aliphatic rings. The minimum absolute atomic E-state index is 0.0168. The number of nitrogens with one attached hydrogen (secondary N) is 3. The highest BCUT2D eigenvalue weighted by atomic mass is 32.1.